The minimum Gasteiger partial charge on any atom is -0.370 e. The Hall–Kier alpha value is -2.04. The van der Waals surface area contributed by atoms with Gasteiger partial charge in [-0.05, 0) is 13.0 Å². The summed E-state index contributed by atoms with van der Waals surface area (Å²) in [7, 11) is 0. The number of rotatable bonds is 3. The summed E-state index contributed by atoms with van der Waals surface area (Å²) in [5, 5.41) is 3.05. The Bertz CT molecular complexity index is 487. The molecule has 2 aromatic heterocycles. The molecule has 4 nitrogen and oxygen atoms in total. The lowest BCUT2D eigenvalue weighted by molar-refractivity contribution is 0.624. The quantitative estimate of drug-likeness (QED) is 0.857. The van der Waals surface area contributed by atoms with Gasteiger partial charge in [0.05, 0.1) is 11.9 Å². The van der Waals surface area contributed by atoms with Crippen molar-refractivity contribution in [3.05, 3.63) is 36.7 Å². The Morgan fingerprint density at radius 1 is 1.38 bits per heavy atom. The normalized spacial score (nSPS) is 10.1. The van der Waals surface area contributed by atoms with Crippen molar-refractivity contribution in [3.8, 4) is 11.3 Å². The first-order valence-corrected chi connectivity index (χ1v) is 4.97. The second-order valence-electron chi connectivity index (χ2n) is 3.17. The third-order valence-corrected chi connectivity index (χ3v) is 2.07. The van der Waals surface area contributed by atoms with Gasteiger partial charge in [-0.1, -0.05) is 0 Å². The summed E-state index contributed by atoms with van der Waals surface area (Å²) >= 11 is 0. The maximum absolute atomic E-state index is 13.4. The third-order valence-electron chi connectivity index (χ3n) is 2.07. The van der Waals surface area contributed by atoms with E-state index in [4.69, 9.17) is 0 Å². The SMILES string of the molecule is CCNc1cc(-c2ccncc2F)ncn1. The van der Waals surface area contributed by atoms with Gasteiger partial charge >= 0.3 is 0 Å². The summed E-state index contributed by atoms with van der Waals surface area (Å²) in [6.07, 6.45) is 4.12. The van der Waals surface area contributed by atoms with Crippen LogP contribution in [-0.4, -0.2) is 21.5 Å². The molecule has 0 unspecified atom stereocenters. The summed E-state index contributed by atoms with van der Waals surface area (Å²) in [5.74, 6) is 0.298. The fourth-order valence-electron chi connectivity index (χ4n) is 1.37. The summed E-state index contributed by atoms with van der Waals surface area (Å²) in [6.45, 7) is 2.73. The standard InChI is InChI=1S/C11H11FN4/c1-2-14-11-5-10(15-7-16-11)8-3-4-13-6-9(8)12/h3-7H,2H2,1H3,(H,14,15,16). The molecule has 2 heterocycles. The van der Waals surface area contributed by atoms with Gasteiger partial charge in [-0.2, -0.15) is 0 Å². The molecule has 2 aromatic rings. The highest BCUT2D eigenvalue weighted by molar-refractivity contribution is 5.62. The Labute approximate surface area is 92.6 Å². The molecule has 16 heavy (non-hydrogen) atoms. The first kappa shape index (κ1) is 10.5. The van der Waals surface area contributed by atoms with Gasteiger partial charge in [0.1, 0.15) is 12.1 Å². The molecule has 2 rings (SSSR count). The highest BCUT2D eigenvalue weighted by Crippen LogP contribution is 2.20. The van der Waals surface area contributed by atoms with Crippen LogP contribution < -0.4 is 5.32 Å². The van der Waals surface area contributed by atoms with Crippen LogP contribution in [0.3, 0.4) is 0 Å². The van der Waals surface area contributed by atoms with E-state index in [-0.39, 0.29) is 5.82 Å². The van der Waals surface area contributed by atoms with E-state index in [1.807, 2.05) is 6.92 Å². The minimum atomic E-state index is -0.386. The lowest BCUT2D eigenvalue weighted by Gasteiger charge is -2.05. The van der Waals surface area contributed by atoms with Crippen LogP contribution in [0, 0.1) is 5.82 Å². The fourth-order valence-corrected chi connectivity index (χ4v) is 1.37. The van der Waals surface area contributed by atoms with Crippen LogP contribution in [0.1, 0.15) is 6.92 Å². The maximum Gasteiger partial charge on any atom is 0.150 e. The zero-order valence-electron chi connectivity index (χ0n) is 8.81. The number of halogens is 1. The van der Waals surface area contributed by atoms with Crippen molar-refractivity contribution in [3.63, 3.8) is 0 Å². The van der Waals surface area contributed by atoms with Gasteiger partial charge in [0.2, 0.25) is 0 Å². The number of aromatic nitrogens is 3. The molecule has 5 heteroatoms. The molecule has 0 saturated carbocycles. The monoisotopic (exact) mass is 218 g/mol. The van der Waals surface area contributed by atoms with Crippen molar-refractivity contribution in [1.29, 1.82) is 0 Å². The highest BCUT2D eigenvalue weighted by atomic mass is 19.1. The van der Waals surface area contributed by atoms with E-state index >= 15 is 0 Å². The molecular formula is C11H11FN4. The minimum absolute atomic E-state index is 0.386. The second kappa shape index (κ2) is 4.65. The smallest absolute Gasteiger partial charge is 0.150 e. The van der Waals surface area contributed by atoms with Crippen LogP contribution >= 0.6 is 0 Å². The number of nitrogens with one attached hydrogen (secondary N) is 1. The Balaban J connectivity index is 2.40. The van der Waals surface area contributed by atoms with Gasteiger partial charge in [0.15, 0.2) is 5.82 Å². The van der Waals surface area contributed by atoms with Crippen molar-refractivity contribution in [2.75, 3.05) is 11.9 Å². The molecule has 82 valence electrons. The van der Waals surface area contributed by atoms with Crippen LogP contribution in [-0.2, 0) is 0 Å². The average molecular weight is 218 g/mol. The van der Waals surface area contributed by atoms with Crippen molar-refractivity contribution >= 4 is 5.82 Å². The fraction of sp³-hybridized carbons (Fsp3) is 0.182. The van der Waals surface area contributed by atoms with Gasteiger partial charge in [-0.15, -0.1) is 0 Å². The number of hydrogen-bond acceptors (Lipinski definition) is 4. The van der Waals surface area contributed by atoms with Crippen molar-refractivity contribution < 1.29 is 4.39 Å². The van der Waals surface area contributed by atoms with E-state index in [2.05, 4.69) is 20.3 Å². The van der Waals surface area contributed by atoms with Crippen LogP contribution in [0.5, 0.6) is 0 Å². The molecule has 0 atom stereocenters. The van der Waals surface area contributed by atoms with Crippen LogP contribution in [0.4, 0.5) is 10.2 Å². The second-order valence-corrected chi connectivity index (χ2v) is 3.17. The number of hydrogen-bond donors (Lipinski definition) is 1. The molecule has 1 N–H and O–H groups in total. The molecule has 0 aliphatic carbocycles. The lowest BCUT2D eigenvalue weighted by Crippen LogP contribution is -2.00. The van der Waals surface area contributed by atoms with Crippen molar-refractivity contribution in [2.24, 2.45) is 0 Å². The average Bonchev–Trinajstić information content (AvgIpc) is 2.30. The molecular weight excluding hydrogens is 207 g/mol. The van der Waals surface area contributed by atoms with Crippen molar-refractivity contribution in [2.45, 2.75) is 6.92 Å². The van der Waals surface area contributed by atoms with E-state index in [1.54, 1.807) is 12.1 Å². The van der Waals surface area contributed by atoms with E-state index in [0.29, 0.717) is 17.1 Å². The maximum atomic E-state index is 13.4. The first-order chi connectivity index (χ1) is 7.81. The third kappa shape index (κ3) is 2.13. The highest BCUT2D eigenvalue weighted by Gasteiger charge is 2.06. The molecule has 0 saturated heterocycles. The van der Waals surface area contributed by atoms with Crippen LogP contribution in [0.2, 0.25) is 0 Å². The van der Waals surface area contributed by atoms with E-state index in [9.17, 15) is 4.39 Å². The van der Waals surface area contributed by atoms with E-state index in [1.165, 1.54) is 18.7 Å². The topological polar surface area (TPSA) is 50.7 Å². The Morgan fingerprint density at radius 2 is 2.25 bits per heavy atom. The lowest BCUT2D eigenvalue weighted by atomic mass is 10.2. The summed E-state index contributed by atoms with van der Waals surface area (Å²) in [6, 6.07) is 3.30. The molecule has 0 fully saturated rings. The zero-order valence-corrected chi connectivity index (χ0v) is 8.81. The van der Waals surface area contributed by atoms with E-state index < -0.39 is 0 Å². The van der Waals surface area contributed by atoms with Crippen LogP contribution in [0.15, 0.2) is 30.9 Å². The molecule has 0 aliphatic rings. The molecule has 0 aliphatic heterocycles. The largest absolute Gasteiger partial charge is 0.370 e. The summed E-state index contributed by atoms with van der Waals surface area (Å²) < 4.78 is 13.4. The Morgan fingerprint density at radius 3 is 3.00 bits per heavy atom. The predicted molar refractivity (Wildman–Crippen MR) is 59.4 cm³/mol. The van der Waals surface area contributed by atoms with Crippen molar-refractivity contribution in [1.82, 2.24) is 15.0 Å². The van der Waals surface area contributed by atoms with Gasteiger partial charge in [-0.25, -0.2) is 14.4 Å². The van der Waals surface area contributed by atoms with Gasteiger partial charge in [0, 0.05) is 24.4 Å². The van der Waals surface area contributed by atoms with E-state index in [0.717, 1.165) is 6.54 Å². The van der Waals surface area contributed by atoms with Gasteiger partial charge < -0.3 is 5.32 Å². The first-order valence-electron chi connectivity index (χ1n) is 4.97. The molecule has 0 radical (unpaired) electrons. The number of pyridine rings is 1. The number of nitrogens with zero attached hydrogens (tertiary/aromatic N) is 3. The Kier molecular flexibility index (Phi) is 3.05. The summed E-state index contributed by atoms with van der Waals surface area (Å²) in [5.41, 5.74) is 0.974. The molecule has 0 bridgehead atoms. The van der Waals surface area contributed by atoms with Crippen LogP contribution in [0.25, 0.3) is 11.3 Å². The zero-order chi connectivity index (χ0) is 11.4. The predicted octanol–water partition coefficient (Wildman–Crippen LogP) is 2.11. The van der Waals surface area contributed by atoms with Gasteiger partial charge in [-0.3, -0.25) is 4.98 Å². The molecule has 0 amide bonds. The number of anilines is 1. The molecule has 0 spiro atoms. The summed E-state index contributed by atoms with van der Waals surface area (Å²) in [4.78, 5) is 11.8. The molecule has 0 aromatic carbocycles. The van der Waals surface area contributed by atoms with Gasteiger partial charge in [0.25, 0.3) is 0 Å².